The van der Waals surface area contributed by atoms with E-state index in [0.29, 0.717) is 30.7 Å². The number of hydrogen-bond acceptors (Lipinski definition) is 8. The molecule has 0 radical (unpaired) electrons. The molecule has 1 aliphatic heterocycles. The Morgan fingerprint density at radius 1 is 1.14 bits per heavy atom. The van der Waals surface area contributed by atoms with Crippen LogP contribution in [0.1, 0.15) is 49.5 Å². The van der Waals surface area contributed by atoms with E-state index in [0.717, 1.165) is 31.5 Å². The summed E-state index contributed by atoms with van der Waals surface area (Å²) in [6.45, 7) is 3.86. The molecule has 1 saturated carbocycles. The average Bonchev–Trinajstić information content (AvgIpc) is 3.61. The molecule has 0 bridgehead atoms. The maximum absolute atomic E-state index is 13.4. The Balaban J connectivity index is 1.87. The number of nitrogens with two attached hydrogens (primary N) is 1. The molecule has 2 heterocycles. The zero-order valence-corrected chi connectivity index (χ0v) is 22.4. The van der Waals surface area contributed by atoms with E-state index in [4.69, 9.17) is 15.2 Å². The Bertz CT molecular complexity index is 1360. The van der Waals surface area contributed by atoms with Crippen molar-refractivity contribution in [2.75, 3.05) is 25.1 Å². The second kappa shape index (κ2) is 9.50. The number of carbonyl (C=O) groups is 1. The lowest BCUT2D eigenvalue weighted by molar-refractivity contribution is 0.0282. The molecule has 0 unspecified atom stereocenters. The summed E-state index contributed by atoms with van der Waals surface area (Å²) < 4.78 is 35.9. The molecule has 4 rings (SSSR count). The van der Waals surface area contributed by atoms with Crippen LogP contribution in [0.3, 0.4) is 0 Å². The van der Waals surface area contributed by atoms with E-state index in [9.17, 15) is 38.3 Å². The smallest absolute Gasteiger partial charge is 0.381 e. The number of ether oxygens (including phenoxy) is 2. The fourth-order valence-electron chi connectivity index (χ4n) is 4.76. The highest BCUT2D eigenvalue weighted by Crippen LogP contribution is 2.69. The summed E-state index contributed by atoms with van der Waals surface area (Å²) in [5, 5.41) is -3.38. The van der Waals surface area contributed by atoms with Gasteiger partial charge < -0.3 is 44.2 Å². The third-order valence-corrected chi connectivity index (χ3v) is 10.8. The van der Waals surface area contributed by atoms with E-state index in [1.165, 1.54) is 19.4 Å². The topological polar surface area (TPSA) is 202 Å². The molecule has 204 valence electrons. The molecule has 2 aromatic rings. The van der Waals surface area contributed by atoms with Gasteiger partial charge in [0, 0.05) is 31.4 Å². The lowest BCUT2D eigenvalue weighted by Crippen LogP contribution is -2.46. The molecule has 2 atom stereocenters. The summed E-state index contributed by atoms with van der Waals surface area (Å²) in [6.07, 6.45) is 3.57. The highest BCUT2D eigenvalue weighted by atomic mass is 31.2. The van der Waals surface area contributed by atoms with Crippen molar-refractivity contribution in [3.63, 3.8) is 0 Å². The Morgan fingerprint density at radius 2 is 1.76 bits per heavy atom. The van der Waals surface area contributed by atoms with Crippen molar-refractivity contribution >= 4 is 37.8 Å². The summed E-state index contributed by atoms with van der Waals surface area (Å²) in [5.74, 6) is -0.809. The van der Waals surface area contributed by atoms with Crippen LogP contribution in [0.2, 0.25) is 0 Å². The quantitative estimate of drug-likeness (QED) is 0.243. The van der Waals surface area contributed by atoms with Crippen LogP contribution in [0.25, 0.3) is 10.9 Å². The summed E-state index contributed by atoms with van der Waals surface area (Å²) in [5.41, 5.74) is 5.96. The predicted octanol–water partition coefficient (Wildman–Crippen LogP) is 1.70. The number of aromatic nitrogens is 1. The summed E-state index contributed by atoms with van der Waals surface area (Å²) in [6, 6.07) is 3.09. The van der Waals surface area contributed by atoms with E-state index in [2.05, 4.69) is 11.8 Å². The second-order valence-electron chi connectivity index (χ2n) is 9.94. The molecule has 1 aliphatic carbocycles. The van der Waals surface area contributed by atoms with Gasteiger partial charge in [0.1, 0.15) is 5.56 Å². The van der Waals surface area contributed by atoms with Crippen molar-refractivity contribution in [2.24, 2.45) is 11.7 Å². The van der Waals surface area contributed by atoms with Crippen molar-refractivity contribution in [3.8, 4) is 5.75 Å². The number of anilines is 1. The Morgan fingerprint density at radius 3 is 2.27 bits per heavy atom. The van der Waals surface area contributed by atoms with Crippen molar-refractivity contribution in [2.45, 2.75) is 50.3 Å². The number of rotatable bonds is 7. The van der Waals surface area contributed by atoms with E-state index in [1.54, 1.807) is 10.6 Å². The fraction of sp³-hybridized carbons (Fsp3) is 0.545. The lowest BCUT2D eigenvalue weighted by atomic mass is 9.95. The van der Waals surface area contributed by atoms with Crippen LogP contribution in [-0.4, -0.2) is 61.4 Å². The Kier molecular flexibility index (Phi) is 7.13. The monoisotopic (exact) mass is 559 g/mol. The number of nitrogens with zero attached hydrogens (tertiary/aromatic N) is 2. The third kappa shape index (κ3) is 4.97. The van der Waals surface area contributed by atoms with Gasteiger partial charge in [0.2, 0.25) is 5.43 Å². The third-order valence-electron chi connectivity index (χ3n) is 6.89. The fourth-order valence-corrected chi connectivity index (χ4v) is 6.52. The largest absolute Gasteiger partial charge is 0.492 e. The van der Waals surface area contributed by atoms with Crippen molar-refractivity contribution in [1.29, 1.82) is 0 Å². The predicted molar refractivity (Wildman–Crippen MR) is 135 cm³/mol. The highest BCUT2D eigenvalue weighted by Gasteiger charge is 2.60. The van der Waals surface area contributed by atoms with E-state index >= 15 is 0 Å². The van der Waals surface area contributed by atoms with Crippen LogP contribution in [0.4, 0.5) is 5.69 Å². The van der Waals surface area contributed by atoms with E-state index < -0.39 is 37.2 Å². The zero-order valence-electron chi connectivity index (χ0n) is 20.6. The minimum atomic E-state index is -5.66. The van der Waals surface area contributed by atoms with E-state index in [-0.39, 0.29) is 17.5 Å². The number of methoxy groups -OCH3 is 1. The molecule has 1 aromatic heterocycles. The first-order valence-corrected chi connectivity index (χ1v) is 14.9. The molecule has 2 fully saturated rings. The van der Waals surface area contributed by atoms with Gasteiger partial charge >= 0.3 is 26.2 Å². The van der Waals surface area contributed by atoms with Gasteiger partial charge in [0.05, 0.1) is 23.7 Å². The van der Waals surface area contributed by atoms with E-state index in [1.807, 2.05) is 0 Å². The molecule has 0 spiro atoms. The zero-order chi connectivity index (χ0) is 27.5. The number of carbonyl (C=O) groups excluding carboxylic acids is 1. The van der Waals surface area contributed by atoms with Gasteiger partial charge in [-0.25, -0.2) is 4.79 Å². The van der Waals surface area contributed by atoms with Crippen LogP contribution < -0.4 is 20.8 Å². The van der Waals surface area contributed by atoms with Gasteiger partial charge in [0.15, 0.2) is 5.75 Å². The van der Waals surface area contributed by atoms with Crippen molar-refractivity contribution < 1.29 is 43.0 Å². The Hall–Kier alpha value is -2.24. The summed E-state index contributed by atoms with van der Waals surface area (Å²) in [7, 11) is -9.85. The molecule has 37 heavy (non-hydrogen) atoms. The maximum Gasteiger partial charge on any atom is 0.381 e. The number of hydrogen-bond donors (Lipinski definition) is 5. The van der Waals surface area contributed by atoms with Gasteiger partial charge in [-0.15, -0.1) is 0 Å². The average molecular weight is 559 g/mol. The molecule has 1 aromatic carbocycles. The SMILES string of the molecule is COc1c(N2C[C@@H](C)C[C@H](N)C2)ccc2c(=O)c(C(=O)OC(C)(P(=O)(O)O)P(=O)(O)O)cn(C3CC3)c12. The first-order valence-electron chi connectivity index (χ1n) is 11.7. The molecule has 0 amide bonds. The van der Waals surface area contributed by atoms with Crippen molar-refractivity contribution in [1.82, 2.24) is 4.57 Å². The number of pyridine rings is 1. The number of benzene rings is 1. The number of esters is 1. The van der Waals surface area contributed by atoms with Crippen LogP contribution in [0.5, 0.6) is 5.75 Å². The minimum Gasteiger partial charge on any atom is -0.492 e. The van der Waals surface area contributed by atoms with Crippen LogP contribution >= 0.6 is 15.2 Å². The minimum absolute atomic E-state index is 0.0377. The van der Waals surface area contributed by atoms with Crippen LogP contribution in [0, 0.1) is 5.92 Å². The molecular formula is C22H31N3O10P2. The normalized spacial score (nSPS) is 21.2. The molecule has 13 nitrogen and oxygen atoms in total. The van der Waals surface area contributed by atoms with Gasteiger partial charge in [-0.3, -0.25) is 13.9 Å². The van der Waals surface area contributed by atoms with Gasteiger partial charge in [0.25, 0.3) is 0 Å². The van der Waals surface area contributed by atoms with Crippen LogP contribution in [0.15, 0.2) is 23.1 Å². The standard InChI is InChI=1S/C22H31N3O10P2/c1-12-8-13(23)10-24(9-12)17-7-6-15-18(20(17)34-3)25(14-4-5-14)11-16(19(15)26)21(27)35-22(2,36(28,29)30)37(31,32)33/h6-7,11-14H,4-5,8-10,23H2,1-3H3,(H2,28,29,30)(H2,31,32,33)/t12-,13-/m0/s1. The van der Waals surface area contributed by atoms with Crippen LogP contribution in [-0.2, 0) is 13.9 Å². The second-order valence-corrected chi connectivity index (χ2v) is 14.2. The maximum atomic E-state index is 13.4. The molecule has 1 saturated heterocycles. The lowest BCUT2D eigenvalue weighted by Gasteiger charge is -2.37. The number of piperidine rings is 1. The van der Waals surface area contributed by atoms with Crippen molar-refractivity contribution in [3.05, 3.63) is 34.1 Å². The van der Waals surface area contributed by atoms with Gasteiger partial charge in [-0.05, 0) is 44.2 Å². The van der Waals surface area contributed by atoms with Gasteiger partial charge in [-0.2, -0.15) is 0 Å². The molecule has 6 N–H and O–H groups in total. The first-order chi connectivity index (χ1) is 17.1. The Labute approximate surface area is 212 Å². The summed E-state index contributed by atoms with van der Waals surface area (Å²) >= 11 is 0. The molecule has 2 aliphatic rings. The molecule has 15 heteroatoms. The highest BCUT2D eigenvalue weighted by molar-refractivity contribution is 7.72. The number of fused-ring (bicyclic) bond motifs is 1. The van der Waals surface area contributed by atoms with Gasteiger partial charge in [-0.1, -0.05) is 6.92 Å². The molecular weight excluding hydrogens is 528 g/mol. The first kappa shape index (κ1) is 27.8. The summed E-state index contributed by atoms with van der Waals surface area (Å²) in [4.78, 5) is 66.7.